The lowest BCUT2D eigenvalue weighted by Crippen LogP contribution is -2.07. The van der Waals surface area contributed by atoms with Crippen LogP contribution in [0.15, 0.2) is 60.0 Å². The van der Waals surface area contributed by atoms with Gasteiger partial charge in [0.1, 0.15) is 11.5 Å². The number of thiazole rings is 1. The average Bonchev–Trinajstić information content (AvgIpc) is 3.14. The molecule has 2 aromatic carbocycles. The number of methoxy groups -OCH3 is 2. The topological polar surface area (TPSA) is 60.5 Å². The minimum absolute atomic E-state index is 0.226. The Morgan fingerprint density at radius 2 is 1.92 bits per heavy atom. The smallest absolute Gasteiger partial charge is 0.250 e. The summed E-state index contributed by atoms with van der Waals surface area (Å²) in [7, 11) is 3.20. The van der Waals surface area contributed by atoms with E-state index >= 15 is 0 Å². The highest BCUT2D eigenvalue weighted by Crippen LogP contribution is 2.34. The van der Waals surface area contributed by atoms with Gasteiger partial charge in [0.25, 0.3) is 0 Å². The zero-order chi connectivity index (χ0) is 18.4. The third-order valence-electron chi connectivity index (χ3n) is 3.65. The van der Waals surface area contributed by atoms with Crippen molar-refractivity contribution in [3.05, 3.63) is 65.6 Å². The summed E-state index contributed by atoms with van der Waals surface area (Å²) < 4.78 is 10.6. The van der Waals surface area contributed by atoms with E-state index in [9.17, 15) is 4.79 Å². The number of carbonyl (C=O) groups is 1. The number of amides is 1. The molecule has 1 aromatic heterocycles. The first-order valence-electron chi connectivity index (χ1n) is 7.91. The second-order valence-corrected chi connectivity index (χ2v) is 6.20. The molecule has 3 aromatic rings. The Bertz CT molecular complexity index is 920. The van der Waals surface area contributed by atoms with E-state index in [4.69, 9.17) is 9.47 Å². The summed E-state index contributed by atoms with van der Waals surface area (Å²) in [5.74, 6) is 1.15. The van der Waals surface area contributed by atoms with Gasteiger partial charge in [0, 0.05) is 23.1 Å². The fraction of sp³-hybridized carbons (Fsp3) is 0.100. The normalized spacial score (nSPS) is 10.7. The molecule has 132 valence electrons. The van der Waals surface area contributed by atoms with Crippen LogP contribution in [-0.4, -0.2) is 25.1 Å². The van der Waals surface area contributed by atoms with Crippen molar-refractivity contribution < 1.29 is 14.3 Å². The molecule has 26 heavy (non-hydrogen) atoms. The van der Waals surface area contributed by atoms with Gasteiger partial charge in [-0.15, -0.1) is 11.3 Å². The lowest BCUT2D eigenvalue weighted by Gasteiger charge is -2.08. The van der Waals surface area contributed by atoms with E-state index in [1.807, 2.05) is 47.8 Å². The minimum Gasteiger partial charge on any atom is -0.497 e. The van der Waals surface area contributed by atoms with Crippen LogP contribution in [0.5, 0.6) is 11.5 Å². The molecule has 0 aliphatic carbocycles. The van der Waals surface area contributed by atoms with E-state index in [2.05, 4.69) is 10.3 Å². The van der Waals surface area contributed by atoms with Crippen LogP contribution < -0.4 is 14.8 Å². The molecule has 6 heteroatoms. The third-order valence-corrected chi connectivity index (χ3v) is 4.40. The van der Waals surface area contributed by atoms with E-state index < -0.39 is 0 Å². The second kappa shape index (κ2) is 8.31. The molecule has 3 rings (SSSR count). The zero-order valence-electron chi connectivity index (χ0n) is 14.4. The lowest BCUT2D eigenvalue weighted by molar-refractivity contribution is -0.111. The molecular formula is C20H18N2O3S. The first kappa shape index (κ1) is 17.7. The molecule has 0 atom stereocenters. The first-order chi connectivity index (χ1) is 12.7. The molecule has 0 unspecified atom stereocenters. The Balaban J connectivity index is 1.72. The third kappa shape index (κ3) is 4.29. The van der Waals surface area contributed by atoms with Crippen molar-refractivity contribution in [1.82, 2.24) is 4.98 Å². The van der Waals surface area contributed by atoms with Gasteiger partial charge in [0.15, 0.2) is 5.13 Å². The van der Waals surface area contributed by atoms with Crippen LogP contribution in [0.1, 0.15) is 5.56 Å². The highest BCUT2D eigenvalue weighted by molar-refractivity contribution is 7.14. The number of anilines is 1. The molecule has 5 nitrogen and oxygen atoms in total. The average molecular weight is 366 g/mol. The maximum Gasteiger partial charge on any atom is 0.250 e. The zero-order valence-corrected chi connectivity index (χ0v) is 15.2. The lowest BCUT2D eigenvalue weighted by atomic mass is 10.1. The van der Waals surface area contributed by atoms with Gasteiger partial charge in [-0.1, -0.05) is 30.3 Å². The Labute approximate surface area is 155 Å². The van der Waals surface area contributed by atoms with Crippen molar-refractivity contribution in [2.45, 2.75) is 0 Å². The number of carbonyl (C=O) groups excluding carboxylic acids is 1. The fourth-order valence-corrected chi connectivity index (χ4v) is 3.06. The number of nitrogens with zero attached hydrogens (tertiary/aromatic N) is 1. The minimum atomic E-state index is -0.226. The number of aromatic nitrogens is 1. The number of benzene rings is 2. The van der Waals surface area contributed by atoms with Crippen LogP contribution in [0.3, 0.4) is 0 Å². The number of nitrogens with one attached hydrogen (secondary N) is 1. The molecule has 1 heterocycles. The van der Waals surface area contributed by atoms with E-state index in [0.717, 1.165) is 16.8 Å². The molecule has 0 spiro atoms. The van der Waals surface area contributed by atoms with Crippen molar-refractivity contribution >= 4 is 28.5 Å². The van der Waals surface area contributed by atoms with Crippen LogP contribution in [0.2, 0.25) is 0 Å². The van der Waals surface area contributed by atoms with Gasteiger partial charge < -0.3 is 9.47 Å². The molecule has 0 aliphatic rings. The highest BCUT2D eigenvalue weighted by Gasteiger charge is 2.12. The molecule has 0 saturated heterocycles. The number of hydrogen-bond donors (Lipinski definition) is 1. The van der Waals surface area contributed by atoms with E-state index in [0.29, 0.717) is 16.6 Å². The maximum absolute atomic E-state index is 12.1. The SMILES string of the molecule is COc1ccc(-c2csc(NC(=O)/C=C/c3ccccc3)n2)c(OC)c1. The van der Waals surface area contributed by atoms with Gasteiger partial charge in [0.05, 0.1) is 19.9 Å². The summed E-state index contributed by atoms with van der Waals surface area (Å²) in [6, 6.07) is 15.2. The van der Waals surface area contributed by atoms with E-state index in [1.165, 1.54) is 17.4 Å². The van der Waals surface area contributed by atoms with Gasteiger partial charge in [-0.2, -0.15) is 0 Å². The predicted octanol–water partition coefficient (Wildman–Crippen LogP) is 4.48. The summed E-state index contributed by atoms with van der Waals surface area (Å²) in [5.41, 5.74) is 2.53. The van der Waals surface area contributed by atoms with Gasteiger partial charge in [0.2, 0.25) is 5.91 Å². The molecule has 0 fully saturated rings. The summed E-state index contributed by atoms with van der Waals surface area (Å²) in [4.78, 5) is 16.5. The van der Waals surface area contributed by atoms with Crippen molar-refractivity contribution in [1.29, 1.82) is 0 Å². The fourth-order valence-electron chi connectivity index (χ4n) is 2.35. The standard InChI is InChI=1S/C20H18N2O3S/c1-24-15-9-10-16(18(12-15)25-2)17-13-26-20(21-17)22-19(23)11-8-14-6-4-3-5-7-14/h3-13H,1-2H3,(H,21,22,23)/b11-8+. The van der Waals surface area contributed by atoms with Crippen LogP contribution in [0.4, 0.5) is 5.13 Å². The summed E-state index contributed by atoms with van der Waals surface area (Å²) in [6.07, 6.45) is 3.25. The second-order valence-electron chi connectivity index (χ2n) is 5.34. The largest absolute Gasteiger partial charge is 0.497 e. The Hall–Kier alpha value is -3.12. The molecule has 1 amide bonds. The Morgan fingerprint density at radius 1 is 1.12 bits per heavy atom. The van der Waals surface area contributed by atoms with Crippen LogP contribution in [0.25, 0.3) is 17.3 Å². The molecule has 1 N–H and O–H groups in total. The van der Waals surface area contributed by atoms with E-state index in [1.54, 1.807) is 26.4 Å². The van der Waals surface area contributed by atoms with Gasteiger partial charge >= 0.3 is 0 Å². The van der Waals surface area contributed by atoms with Gasteiger partial charge in [-0.05, 0) is 23.8 Å². The van der Waals surface area contributed by atoms with Crippen LogP contribution in [-0.2, 0) is 4.79 Å². The number of ether oxygens (including phenoxy) is 2. The van der Waals surface area contributed by atoms with Crippen molar-refractivity contribution in [2.75, 3.05) is 19.5 Å². The molecule has 0 radical (unpaired) electrons. The highest BCUT2D eigenvalue weighted by atomic mass is 32.1. The van der Waals surface area contributed by atoms with Crippen LogP contribution >= 0.6 is 11.3 Å². The quantitative estimate of drug-likeness (QED) is 0.654. The summed E-state index contributed by atoms with van der Waals surface area (Å²) in [6.45, 7) is 0. The maximum atomic E-state index is 12.1. The molecular weight excluding hydrogens is 348 g/mol. The van der Waals surface area contributed by atoms with Crippen molar-refractivity contribution in [2.24, 2.45) is 0 Å². The summed E-state index contributed by atoms with van der Waals surface area (Å²) in [5, 5.41) is 5.18. The predicted molar refractivity (Wildman–Crippen MR) is 105 cm³/mol. The van der Waals surface area contributed by atoms with Crippen molar-refractivity contribution in [3.8, 4) is 22.8 Å². The van der Waals surface area contributed by atoms with E-state index in [-0.39, 0.29) is 5.91 Å². The first-order valence-corrected chi connectivity index (χ1v) is 8.79. The molecule has 0 saturated carbocycles. The number of rotatable bonds is 6. The number of hydrogen-bond acceptors (Lipinski definition) is 5. The molecule has 0 aliphatic heterocycles. The summed E-state index contributed by atoms with van der Waals surface area (Å²) >= 11 is 1.36. The van der Waals surface area contributed by atoms with Gasteiger partial charge in [-0.3, -0.25) is 10.1 Å². The van der Waals surface area contributed by atoms with Crippen LogP contribution in [0, 0.1) is 0 Å². The monoisotopic (exact) mass is 366 g/mol. The van der Waals surface area contributed by atoms with Crippen molar-refractivity contribution in [3.63, 3.8) is 0 Å². The van der Waals surface area contributed by atoms with Gasteiger partial charge in [-0.25, -0.2) is 4.98 Å². The Kier molecular flexibility index (Phi) is 5.66. The Morgan fingerprint density at radius 3 is 2.65 bits per heavy atom. The molecule has 0 bridgehead atoms.